The molecule has 3 atom stereocenters. The van der Waals surface area contributed by atoms with Crippen LogP contribution >= 0.6 is 0 Å². The van der Waals surface area contributed by atoms with Crippen molar-refractivity contribution in [2.45, 2.75) is 32.4 Å². The van der Waals surface area contributed by atoms with Crippen LogP contribution in [0.1, 0.15) is 31.9 Å². The number of hydrogen-bond acceptors (Lipinski definition) is 3. The molecule has 0 saturated carbocycles. The number of piperidine rings is 1. The van der Waals surface area contributed by atoms with Crippen LogP contribution in [0.15, 0.2) is 18.2 Å². The molecule has 0 bridgehead atoms. The lowest BCUT2D eigenvalue weighted by Crippen LogP contribution is -2.49. The lowest BCUT2D eigenvalue weighted by atomic mass is 9.93. The summed E-state index contributed by atoms with van der Waals surface area (Å²) < 4.78 is 27.2. The van der Waals surface area contributed by atoms with E-state index < -0.39 is 17.7 Å². The van der Waals surface area contributed by atoms with Gasteiger partial charge in [0.2, 0.25) is 0 Å². The zero-order chi connectivity index (χ0) is 15.4. The Hall–Kier alpha value is -1.04. The highest BCUT2D eigenvalue weighted by Gasteiger charge is 2.26. The minimum Gasteiger partial charge on any atom is -0.387 e. The molecule has 5 heteroatoms. The number of likely N-dealkylation sites (tertiary alicyclic amines) is 1. The zero-order valence-electron chi connectivity index (χ0n) is 12.6. The van der Waals surface area contributed by atoms with Gasteiger partial charge in [0.05, 0.1) is 11.7 Å². The van der Waals surface area contributed by atoms with Crippen molar-refractivity contribution in [3.05, 3.63) is 35.4 Å². The second kappa shape index (κ2) is 7.29. The van der Waals surface area contributed by atoms with E-state index in [0.29, 0.717) is 5.92 Å². The molecule has 1 heterocycles. The molecular weight excluding hydrogens is 274 g/mol. The summed E-state index contributed by atoms with van der Waals surface area (Å²) in [5.74, 6) is -0.937. The number of nitrogens with one attached hydrogen (secondary N) is 1. The van der Waals surface area contributed by atoms with E-state index in [0.717, 1.165) is 26.1 Å². The summed E-state index contributed by atoms with van der Waals surface area (Å²) in [7, 11) is 0. The van der Waals surface area contributed by atoms with Crippen LogP contribution in [-0.4, -0.2) is 42.2 Å². The third kappa shape index (κ3) is 3.99. The smallest absolute Gasteiger partial charge is 0.131 e. The molecular formula is C16H24F2N2O. The fourth-order valence-electron chi connectivity index (χ4n) is 3.02. The van der Waals surface area contributed by atoms with Crippen molar-refractivity contribution < 1.29 is 13.9 Å². The van der Waals surface area contributed by atoms with Gasteiger partial charge in [-0.3, -0.25) is 0 Å². The van der Waals surface area contributed by atoms with Crippen molar-refractivity contribution in [1.82, 2.24) is 10.2 Å². The standard InChI is InChI=1S/C16H24F2N2O/c1-3-20-8-7-14(11(2)10-20)19-9-15(21)16-12(17)5-4-6-13(16)18/h4-6,11,14-15,19,21H,3,7-10H2,1-2H3. The van der Waals surface area contributed by atoms with Crippen LogP contribution in [0.3, 0.4) is 0 Å². The molecule has 0 spiro atoms. The van der Waals surface area contributed by atoms with Crippen LogP contribution in [0, 0.1) is 17.6 Å². The van der Waals surface area contributed by atoms with Gasteiger partial charge in [-0.15, -0.1) is 0 Å². The van der Waals surface area contributed by atoms with Gasteiger partial charge in [0.15, 0.2) is 0 Å². The number of nitrogens with zero attached hydrogens (tertiary/aromatic N) is 1. The van der Waals surface area contributed by atoms with Crippen molar-refractivity contribution in [2.75, 3.05) is 26.2 Å². The first-order valence-electron chi connectivity index (χ1n) is 7.60. The van der Waals surface area contributed by atoms with Crippen LogP contribution in [0.2, 0.25) is 0 Å². The van der Waals surface area contributed by atoms with Crippen LogP contribution < -0.4 is 5.32 Å². The molecule has 1 aliphatic heterocycles. The first-order chi connectivity index (χ1) is 10.0. The quantitative estimate of drug-likeness (QED) is 0.876. The fraction of sp³-hybridized carbons (Fsp3) is 0.625. The Morgan fingerprint density at radius 3 is 2.62 bits per heavy atom. The second-order valence-corrected chi connectivity index (χ2v) is 5.83. The summed E-state index contributed by atoms with van der Waals surface area (Å²) in [5, 5.41) is 13.3. The van der Waals surface area contributed by atoms with Crippen LogP contribution in [0.5, 0.6) is 0 Å². The maximum absolute atomic E-state index is 13.6. The number of halogens is 2. The molecule has 21 heavy (non-hydrogen) atoms. The minimum absolute atomic E-state index is 0.166. The Bertz CT molecular complexity index is 449. The largest absolute Gasteiger partial charge is 0.387 e. The lowest BCUT2D eigenvalue weighted by Gasteiger charge is -2.37. The molecule has 3 unspecified atom stereocenters. The van der Waals surface area contributed by atoms with Gasteiger partial charge in [0.25, 0.3) is 0 Å². The van der Waals surface area contributed by atoms with Gasteiger partial charge in [-0.25, -0.2) is 8.78 Å². The van der Waals surface area contributed by atoms with E-state index in [4.69, 9.17) is 0 Å². The SMILES string of the molecule is CCN1CCC(NCC(O)c2c(F)cccc2F)C(C)C1. The van der Waals surface area contributed by atoms with E-state index in [1.54, 1.807) is 0 Å². The Kier molecular flexibility index (Phi) is 5.67. The van der Waals surface area contributed by atoms with Crippen LogP contribution in [0.4, 0.5) is 8.78 Å². The van der Waals surface area contributed by atoms with Crippen molar-refractivity contribution >= 4 is 0 Å². The third-order valence-electron chi connectivity index (χ3n) is 4.34. The Labute approximate surface area is 125 Å². The van der Waals surface area contributed by atoms with Crippen molar-refractivity contribution in [1.29, 1.82) is 0 Å². The van der Waals surface area contributed by atoms with Gasteiger partial charge in [0.1, 0.15) is 11.6 Å². The second-order valence-electron chi connectivity index (χ2n) is 5.83. The van der Waals surface area contributed by atoms with Gasteiger partial charge in [0, 0.05) is 19.1 Å². The molecule has 3 nitrogen and oxygen atoms in total. The molecule has 1 fully saturated rings. The molecule has 2 rings (SSSR count). The van der Waals surface area contributed by atoms with Gasteiger partial charge in [-0.05, 0) is 37.6 Å². The molecule has 1 aliphatic rings. The predicted molar refractivity (Wildman–Crippen MR) is 79.0 cm³/mol. The molecule has 0 radical (unpaired) electrons. The predicted octanol–water partition coefficient (Wildman–Crippen LogP) is 2.32. The zero-order valence-corrected chi connectivity index (χ0v) is 12.6. The van der Waals surface area contributed by atoms with E-state index in [-0.39, 0.29) is 18.2 Å². The molecule has 0 amide bonds. The van der Waals surface area contributed by atoms with Crippen molar-refractivity contribution in [3.8, 4) is 0 Å². The molecule has 1 aromatic rings. The molecule has 118 valence electrons. The highest BCUT2D eigenvalue weighted by Crippen LogP contribution is 2.22. The maximum Gasteiger partial charge on any atom is 0.131 e. The van der Waals surface area contributed by atoms with Crippen molar-refractivity contribution in [3.63, 3.8) is 0 Å². The van der Waals surface area contributed by atoms with E-state index in [2.05, 4.69) is 24.1 Å². The van der Waals surface area contributed by atoms with Crippen LogP contribution in [0.25, 0.3) is 0 Å². The summed E-state index contributed by atoms with van der Waals surface area (Å²) >= 11 is 0. The monoisotopic (exact) mass is 298 g/mol. The third-order valence-corrected chi connectivity index (χ3v) is 4.34. The van der Waals surface area contributed by atoms with Crippen molar-refractivity contribution in [2.24, 2.45) is 5.92 Å². The number of hydrogen-bond donors (Lipinski definition) is 2. The molecule has 0 aliphatic carbocycles. The minimum atomic E-state index is -1.16. The summed E-state index contributed by atoms with van der Waals surface area (Å²) in [4.78, 5) is 2.38. The van der Waals surface area contributed by atoms with Crippen LogP contribution in [-0.2, 0) is 0 Å². The average molecular weight is 298 g/mol. The van der Waals surface area contributed by atoms with Gasteiger partial charge >= 0.3 is 0 Å². The Morgan fingerprint density at radius 2 is 2.05 bits per heavy atom. The van der Waals surface area contributed by atoms with E-state index in [9.17, 15) is 13.9 Å². The van der Waals surface area contributed by atoms with E-state index in [1.807, 2.05) is 0 Å². The van der Waals surface area contributed by atoms with Gasteiger partial charge in [-0.2, -0.15) is 0 Å². The topological polar surface area (TPSA) is 35.5 Å². The summed E-state index contributed by atoms with van der Waals surface area (Å²) in [6.07, 6.45) is -0.177. The lowest BCUT2D eigenvalue weighted by molar-refractivity contribution is 0.124. The molecule has 2 N–H and O–H groups in total. The summed E-state index contributed by atoms with van der Waals surface area (Å²) in [5.41, 5.74) is -0.247. The number of benzene rings is 1. The van der Waals surface area contributed by atoms with E-state index >= 15 is 0 Å². The highest BCUT2D eigenvalue weighted by atomic mass is 19.1. The molecule has 1 saturated heterocycles. The highest BCUT2D eigenvalue weighted by molar-refractivity contribution is 5.22. The summed E-state index contributed by atoms with van der Waals surface area (Å²) in [6.45, 7) is 7.54. The average Bonchev–Trinajstić information content (AvgIpc) is 2.45. The molecule has 0 aromatic heterocycles. The Balaban J connectivity index is 1.91. The number of aliphatic hydroxyl groups excluding tert-OH is 1. The normalized spacial score (nSPS) is 25.0. The molecule has 1 aromatic carbocycles. The first-order valence-corrected chi connectivity index (χ1v) is 7.60. The maximum atomic E-state index is 13.6. The van der Waals surface area contributed by atoms with E-state index in [1.165, 1.54) is 18.2 Å². The first kappa shape index (κ1) is 16.3. The Morgan fingerprint density at radius 1 is 1.38 bits per heavy atom. The van der Waals surface area contributed by atoms with Gasteiger partial charge in [-0.1, -0.05) is 19.9 Å². The number of rotatable bonds is 5. The number of aliphatic hydroxyl groups is 1. The fourth-order valence-corrected chi connectivity index (χ4v) is 3.02. The summed E-state index contributed by atoms with van der Waals surface area (Å²) in [6, 6.07) is 3.92. The van der Waals surface area contributed by atoms with Gasteiger partial charge < -0.3 is 15.3 Å².